The lowest BCUT2D eigenvalue weighted by molar-refractivity contribution is -0.129. The van der Waals surface area contributed by atoms with Crippen LogP contribution in [0.15, 0.2) is 29.4 Å². The van der Waals surface area contributed by atoms with Gasteiger partial charge in [-0.15, -0.1) is 0 Å². The van der Waals surface area contributed by atoms with Crippen molar-refractivity contribution < 1.29 is 19.4 Å². The second kappa shape index (κ2) is 6.49. The lowest BCUT2D eigenvalue weighted by atomic mass is 9.91. The lowest BCUT2D eigenvalue weighted by Crippen LogP contribution is -2.35. The Labute approximate surface area is 112 Å². The molecule has 0 aromatic rings. The maximum absolute atomic E-state index is 11.2. The van der Waals surface area contributed by atoms with Gasteiger partial charge in [0.2, 0.25) is 0 Å². The van der Waals surface area contributed by atoms with Crippen molar-refractivity contribution in [1.82, 2.24) is 5.01 Å². The van der Waals surface area contributed by atoms with Crippen LogP contribution < -0.4 is 0 Å². The first-order valence-electron chi connectivity index (χ1n) is 6.24. The second-order valence-corrected chi connectivity index (χ2v) is 4.34. The molecule has 0 amide bonds. The predicted octanol–water partition coefficient (Wildman–Crippen LogP) is 0.516. The minimum atomic E-state index is -0.960. The van der Waals surface area contributed by atoms with Gasteiger partial charge >= 0.3 is 5.97 Å². The van der Waals surface area contributed by atoms with Crippen LogP contribution in [0, 0.1) is 5.92 Å². The summed E-state index contributed by atoms with van der Waals surface area (Å²) in [6, 6.07) is -0.0119. The Hall–Kier alpha value is -1.66. The van der Waals surface area contributed by atoms with Gasteiger partial charge in [-0.25, -0.2) is 4.79 Å². The number of aliphatic carboxylic acids is 1. The number of hydrogen-bond acceptors (Lipinski definition) is 5. The maximum Gasteiger partial charge on any atom is 0.352 e. The van der Waals surface area contributed by atoms with E-state index < -0.39 is 5.97 Å². The summed E-state index contributed by atoms with van der Waals surface area (Å²) in [7, 11) is 1.62. The SMILES string of the molecule is COCCOCCN1N=C(C(=O)O)C2C=CC=CC21. The molecule has 0 saturated heterocycles. The van der Waals surface area contributed by atoms with Crippen LogP contribution in [0.4, 0.5) is 0 Å². The third-order valence-electron chi connectivity index (χ3n) is 3.12. The molecule has 0 aromatic carbocycles. The molecule has 19 heavy (non-hydrogen) atoms. The van der Waals surface area contributed by atoms with Crippen molar-refractivity contribution >= 4 is 11.7 Å². The molecule has 1 aliphatic carbocycles. The van der Waals surface area contributed by atoms with E-state index in [1.807, 2.05) is 24.3 Å². The fourth-order valence-corrected chi connectivity index (χ4v) is 2.19. The van der Waals surface area contributed by atoms with E-state index >= 15 is 0 Å². The number of rotatable bonds is 7. The zero-order valence-corrected chi connectivity index (χ0v) is 10.9. The minimum absolute atomic E-state index is 0.0119. The number of nitrogens with zero attached hydrogens (tertiary/aromatic N) is 2. The normalized spacial score (nSPS) is 24.5. The number of allylic oxidation sites excluding steroid dienone is 2. The molecule has 2 atom stereocenters. The quantitative estimate of drug-likeness (QED) is 0.680. The number of hydrogen-bond donors (Lipinski definition) is 1. The van der Waals surface area contributed by atoms with Crippen LogP contribution in [0.5, 0.6) is 0 Å². The molecule has 2 rings (SSSR count). The van der Waals surface area contributed by atoms with E-state index in [0.717, 1.165) is 0 Å². The van der Waals surface area contributed by atoms with Crippen molar-refractivity contribution in [2.24, 2.45) is 11.0 Å². The largest absolute Gasteiger partial charge is 0.477 e. The number of hydrazone groups is 1. The van der Waals surface area contributed by atoms with Gasteiger partial charge in [-0.3, -0.25) is 5.01 Å². The predicted molar refractivity (Wildman–Crippen MR) is 70.0 cm³/mol. The number of fused-ring (bicyclic) bond motifs is 1. The summed E-state index contributed by atoms with van der Waals surface area (Å²) >= 11 is 0. The number of carboxylic acids is 1. The van der Waals surface area contributed by atoms with Crippen LogP contribution >= 0.6 is 0 Å². The molecular weight excluding hydrogens is 248 g/mol. The molecule has 1 N–H and O–H groups in total. The van der Waals surface area contributed by atoms with Gasteiger partial charge < -0.3 is 14.6 Å². The van der Waals surface area contributed by atoms with Gasteiger partial charge in [0.15, 0.2) is 5.71 Å². The Morgan fingerprint density at radius 3 is 2.89 bits per heavy atom. The molecule has 0 aromatic heterocycles. The lowest BCUT2D eigenvalue weighted by Gasteiger charge is -2.25. The van der Waals surface area contributed by atoms with Crippen LogP contribution in [0.25, 0.3) is 0 Å². The monoisotopic (exact) mass is 266 g/mol. The Kier molecular flexibility index (Phi) is 4.70. The molecule has 104 valence electrons. The van der Waals surface area contributed by atoms with E-state index in [1.54, 1.807) is 12.1 Å². The highest BCUT2D eigenvalue weighted by Gasteiger charge is 2.38. The second-order valence-electron chi connectivity index (χ2n) is 4.34. The average Bonchev–Trinajstić information content (AvgIpc) is 2.78. The first-order valence-corrected chi connectivity index (χ1v) is 6.24. The van der Waals surface area contributed by atoms with Gasteiger partial charge in [0, 0.05) is 7.11 Å². The van der Waals surface area contributed by atoms with Gasteiger partial charge in [0.05, 0.1) is 38.3 Å². The number of carboxylic acid groups (broad SMARTS) is 1. The molecule has 0 fully saturated rings. The molecule has 0 saturated carbocycles. The Balaban J connectivity index is 1.91. The smallest absolute Gasteiger partial charge is 0.352 e. The van der Waals surface area contributed by atoms with Gasteiger partial charge in [-0.1, -0.05) is 24.3 Å². The van der Waals surface area contributed by atoms with Gasteiger partial charge in [-0.05, 0) is 0 Å². The standard InChI is InChI=1S/C13H18N2O4/c1-18-8-9-19-7-6-15-11-5-3-2-4-10(11)12(14-15)13(16)17/h2-5,10-11H,6-9H2,1H3,(H,16,17). The zero-order chi connectivity index (χ0) is 13.7. The molecule has 1 heterocycles. The van der Waals surface area contributed by atoms with Crippen LogP contribution in [0.2, 0.25) is 0 Å². The highest BCUT2D eigenvalue weighted by molar-refractivity contribution is 6.37. The number of carbonyl (C=O) groups is 1. The van der Waals surface area contributed by atoms with E-state index in [0.29, 0.717) is 26.4 Å². The first kappa shape index (κ1) is 13.8. The molecule has 2 unspecified atom stereocenters. The first-order chi connectivity index (χ1) is 9.24. The van der Waals surface area contributed by atoms with Crippen molar-refractivity contribution in [3.8, 4) is 0 Å². The summed E-state index contributed by atoms with van der Waals surface area (Å²) in [5.41, 5.74) is 0.197. The summed E-state index contributed by atoms with van der Waals surface area (Å²) in [4.78, 5) is 11.2. The van der Waals surface area contributed by atoms with Crippen molar-refractivity contribution in [3.05, 3.63) is 24.3 Å². The van der Waals surface area contributed by atoms with Gasteiger partial charge in [0.1, 0.15) is 0 Å². The summed E-state index contributed by atoms with van der Waals surface area (Å²) in [6.07, 6.45) is 7.63. The van der Waals surface area contributed by atoms with Gasteiger partial charge in [0.25, 0.3) is 0 Å². The fourth-order valence-electron chi connectivity index (χ4n) is 2.19. The summed E-state index contributed by atoms with van der Waals surface area (Å²) in [5.74, 6) is -1.13. The highest BCUT2D eigenvalue weighted by atomic mass is 16.5. The van der Waals surface area contributed by atoms with E-state index in [-0.39, 0.29) is 17.7 Å². The number of methoxy groups -OCH3 is 1. The average molecular weight is 266 g/mol. The Morgan fingerprint density at radius 2 is 2.16 bits per heavy atom. The van der Waals surface area contributed by atoms with E-state index in [4.69, 9.17) is 14.6 Å². The highest BCUT2D eigenvalue weighted by Crippen LogP contribution is 2.27. The maximum atomic E-state index is 11.2. The fraction of sp³-hybridized carbons (Fsp3) is 0.538. The van der Waals surface area contributed by atoms with Crippen LogP contribution in [-0.2, 0) is 14.3 Å². The molecule has 6 heteroatoms. The van der Waals surface area contributed by atoms with Crippen molar-refractivity contribution in [2.75, 3.05) is 33.5 Å². The number of ether oxygens (including phenoxy) is 2. The molecule has 6 nitrogen and oxygen atoms in total. The molecule has 0 radical (unpaired) electrons. The summed E-state index contributed by atoms with van der Waals surface area (Å²) in [6.45, 7) is 2.16. The third-order valence-corrected chi connectivity index (χ3v) is 3.12. The third kappa shape index (κ3) is 3.21. The van der Waals surface area contributed by atoms with Crippen molar-refractivity contribution in [2.45, 2.75) is 6.04 Å². The molecule has 0 spiro atoms. The van der Waals surface area contributed by atoms with Crippen LogP contribution in [0.3, 0.4) is 0 Å². The van der Waals surface area contributed by atoms with Crippen LogP contribution in [-0.4, -0.2) is 61.3 Å². The van der Waals surface area contributed by atoms with E-state index in [1.165, 1.54) is 0 Å². The topological polar surface area (TPSA) is 71.4 Å². The van der Waals surface area contributed by atoms with Crippen molar-refractivity contribution in [3.63, 3.8) is 0 Å². The Morgan fingerprint density at radius 1 is 1.37 bits per heavy atom. The zero-order valence-electron chi connectivity index (χ0n) is 10.9. The molecule has 2 aliphatic rings. The van der Waals surface area contributed by atoms with Crippen molar-refractivity contribution in [1.29, 1.82) is 0 Å². The molecule has 0 bridgehead atoms. The Bertz CT molecular complexity index is 417. The van der Waals surface area contributed by atoms with E-state index in [2.05, 4.69) is 5.10 Å². The molecule has 1 aliphatic heterocycles. The summed E-state index contributed by atoms with van der Waals surface area (Å²) in [5, 5.41) is 15.1. The van der Waals surface area contributed by atoms with Crippen LogP contribution in [0.1, 0.15) is 0 Å². The minimum Gasteiger partial charge on any atom is -0.477 e. The van der Waals surface area contributed by atoms with Gasteiger partial charge in [-0.2, -0.15) is 5.10 Å². The van der Waals surface area contributed by atoms with E-state index in [9.17, 15) is 4.79 Å². The summed E-state index contributed by atoms with van der Waals surface area (Å²) < 4.78 is 10.3. The molecular formula is C13H18N2O4.